The predicted molar refractivity (Wildman–Crippen MR) is 93.7 cm³/mol. The van der Waals surface area contributed by atoms with Gasteiger partial charge >= 0.3 is 6.09 Å². The third kappa shape index (κ3) is 5.37. The van der Waals surface area contributed by atoms with Gasteiger partial charge in [-0.3, -0.25) is 9.48 Å². The first-order valence-corrected chi connectivity index (χ1v) is 8.18. The van der Waals surface area contributed by atoms with Crippen molar-refractivity contribution in [2.45, 2.75) is 32.8 Å². The Morgan fingerprint density at radius 3 is 2.44 bits per heavy atom. The van der Waals surface area contributed by atoms with Crippen molar-refractivity contribution < 1.29 is 14.3 Å². The minimum absolute atomic E-state index is 0.200. The Kier molecular flexibility index (Phi) is 5.84. The maximum atomic E-state index is 12.4. The van der Waals surface area contributed by atoms with Crippen molar-refractivity contribution in [1.82, 2.24) is 25.0 Å². The van der Waals surface area contributed by atoms with E-state index in [4.69, 9.17) is 4.74 Å². The standard InChI is InChI=1S/C17H25N5O3/c1-17(2,3)25-16(24)19-9-7-8-18-14(23)13-12-20-21(4)15(13)22-10-5-6-11-22/h5-6,10-12H,7-9H2,1-4H3,(H,18,23)(H,19,24). The number of ether oxygens (including phenoxy) is 1. The van der Waals surface area contributed by atoms with Gasteiger partial charge < -0.3 is 19.9 Å². The molecule has 0 fully saturated rings. The highest BCUT2D eigenvalue weighted by Gasteiger charge is 2.17. The van der Waals surface area contributed by atoms with Crippen LogP contribution in [0.15, 0.2) is 30.7 Å². The Morgan fingerprint density at radius 1 is 1.16 bits per heavy atom. The van der Waals surface area contributed by atoms with Gasteiger partial charge in [0.15, 0.2) is 0 Å². The first kappa shape index (κ1) is 18.6. The lowest BCUT2D eigenvalue weighted by molar-refractivity contribution is 0.0527. The molecule has 0 spiro atoms. The van der Waals surface area contributed by atoms with Gasteiger partial charge in [0.05, 0.1) is 6.20 Å². The van der Waals surface area contributed by atoms with Crippen LogP contribution in [0, 0.1) is 0 Å². The molecular weight excluding hydrogens is 322 g/mol. The number of amides is 2. The minimum atomic E-state index is -0.520. The van der Waals surface area contributed by atoms with Crippen LogP contribution in [0.5, 0.6) is 0 Å². The summed E-state index contributed by atoms with van der Waals surface area (Å²) in [6.07, 6.45) is 5.41. The summed E-state index contributed by atoms with van der Waals surface area (Å²) in [5.41, 5.74) is -0.0215. The second-order valence-electron chi connectivity index (χ2n) is 6.63. The summed E-state index contributed by atoms with van der Waals surface area (Å²) >= 11 is 0. The number of carbonyl (C=O) groups excluding carboxylic acids is 2. The normalized spacial score (nSPS) is 11.2. The summed E-state index contributed by atoms with van der Waals surface area (Å²) in [6.45, 7) is 6.29. The van der Waals surface area contributed by atoms with Gasteiger partial charge in [-0.1, -0.05) is 0 Å². The molecule has 25 heavy (non-hydrogen) atoms. The lowest BCUT2D eigenvalue weighted by Gasteiger charge is -2.19. The monoisotopic (exact) mass is 347 g/mol. The molecule has 2 amide bonds. The van der Waals surface area contributed by atoms with Crippen LogP contribution in [0.3, 0.4) is 0 Å². The highest BCUT2D eigenvalue weighted by Crippen LogP contribution is 2.13. The fourth-order valence-corrected chi connectivity index (χ4v) is 2.26. The van der Waals surface area contributed by atoms with Gasteiger partial charge in [-0.25, -0.2) is 4.79 Å². The van der Waals surface area contributed by atoms with Gasteiger partial charge in [-0.15, -0.1) is 0 Å². The minimum Gasteiger partial charge on any atom is -0.444 e. The van der Waals surface area contributed by atoms with Crippen LogP contribution < -0.4 is 10.6 Å². The zero-order chi connectivity index (χ0) is 18.4. The van der Waals surface area contributed by atoms with Gasteiger partial charge in [0.25, 0.3) is 5.91 Å². The zero-order valence-electron chi connectivity index (χ0n) is 15.1. The molecule has 0 unspecified atom stereocenters. The quantitative estimate of drug-likeness (QED) is 0.781. The molecule has 136 valence electrons. The molecule has 2 rings (SSSR count). The number of aryl methyl sites for hydroxylation is 1. The fourth-order valence-electron chi connectivity index (χ4n) is 2.26. The Hall–Kier alpha value is -2.77. The van der Waals surface area contributed by atoms with E-state index < -0.39 is 11.7 Å². The summed E-state index contributed by atoms with van der Waals surface area (Å²) in [6, 6.07) is 3.77. The van der Waals surface area contributed by atoms with E-state index in [1.54, 1.807) is 17.9 Å². The lowest BCUT2D eigenvalue weighted by atomic mass is 10.2. The summed E-state index contributed by atoms with van der Waals surface area (Å²) in [4.78, 5) is 23.9. The Morgan fingerprint density at radius 2 is 1.80 bits per heavy atom. The summed E-state index contributed by atoms with van der Waals surface area (Å²) in [5.74, 6) is 0.503. The van der Waals surface area contributed by atoms with Crippen molar-refractivity contribution in [3.63, 3.8) is 0 Å². The second kappa shape index (κ2) is 7.87. The van der Waals surface area contributed by atoms with E-state index in [1.165, 1.54) is 0 Å². The number of hydrogen-bond acceptors (Lipinski definition) is 4. The van der Waals surface area contributed by atoms with Crippen molar-refractivity contribution >= 4 is 12.0 Å². The van der Waals surface area contributed by atoms with E-state index >= 15 is 0 Å². The molecule has 0 saturated heterocycles. The molecule has 0 atom stereocenters. The summed E-state index contributed by atoms with van der Waals surface area (Å²) in [7, 11) is 1.79. The van der Waals surface area contributed by atoms with E-state index in [9.17, 15) is 9.59 Å². The molecule has 2 aromatic rings. The average molecular weight is 347 g/mol. The van der Waals surface area contributed by atoms with E-state index in [2.05, 4.69) is 15.7 Å². The molecule has 0 saturated carbocycles. The Balaban J connectivity index is 1.80. The topological polar surface area (TPSA) is 90.2 Å². The van der Waals surface area contributed by atoms with Crippen molar-refractivity contribution in [3.8, 4) is 5.82 Å². The Bertz CT molecular complexity index is 713. The number of nitrogens with one attached hydrogen (secondary N) is 2. The number of aromatic nitrogens is 3. The molecule has 0 radical (unpaired) electrons. The highest BCUT2D eigenvalue weighted by atomic mass is 16.6. The number of rotatable bonds is 6. The van der Waals surface area contributed by atoms with Gasteiger partial charge in [-0.2, -0.15) is 5.10 Å². The summed E-state index contributed by atoms with van der Waals surface area (Å²) in [5, 5.41) is 9.65. The molecule has 0 aliphatic heterocycles. The molecular formula is C17H25N5O3. The van der Waals surface area contributed by atoms with E-state index in [0.29, 0.717) is 30.9 Å². The first-order chi connectivity index (χ1) is 11.8. The molecule has 0 aromatic carbocycles. The number of carbonyl (C=O) groups is 2. The Labute approximate surface area is 147 Å². The third-order valence-corrected chi connectivity index (χ3v) is 3.31. The van der Waals surface area contributed by atoms with Gasteiger partial charge in [0.2, 0.25) is 0 Å². The van der Waals surface area contributed by atoms with Crippen LogP contribution in [0.25, 0.3) is 5.82 Å². The molecule has 2 N–H and O–H groups in total. The van der Waals surface area contributed by atoms with Crippen molar-refractivity contribution in [3.05, 3.63) is 36.3 Å². The number of alkyl carbamates (subject to hydrolysis) is 1. The smallest absolute Gasteiger partial charge is 0.407 e. The van der Waals surface area contributed by atoms with Crippen LogP contribution in [0.4, 0.5) is 4.79 Å². The molecule has 0 aliphatic rings. The van der Waals surface area contributed by atoms with E-state index in [0.717, 1.165) is 0 Å². The lowest BCUT2D eigenvalue weighted by Crippen LogP contribution is -2.34. The molecule has 0 aliphatic carbocycles. The highest BCUT2D eigenvalue weighted by molar-refractivity contribution is 5.97. The number of hydrogen-bond donors (Lipinski definition) is 2. The van der Waals surface area contributed by atoms with Crippen LogP contribution >= 0.6 is 0 Å². The third-order valence-electron chi connectivity index (χ3n) is 3.31. The number of nitrogens with zero attached hydrogens (tertiary/aromatic N) is 3. The average Bonchev–Trinajstić information content (AvgIpc) is 3.13. The first-order valence-electron chi connectivity index (χ1n) is 8.18. The summed E-state index contributed by atoms with van der Waals surface area (Å²) < 4.78 is 8.63. The van der Waals surface area contributed by atoms with Crippen LogP contribution in [-0.2, 0) is 11.8 Å². The van der Waals surface area contributed by atoms with E-state index in [1.807, 2.05) is 49.9 Å². The van der Waals surface area contributed by atoms with Gasteiger partial charge in [0, 0.05) is 32.5 Å². The van der Waals surface area contributed by atoms with Gasteiger partial charge in [-0.05, 0) is 39.3 Å². The van der Waals surface area contributed by atoms with Gasteiger partial charge in [0.1, 0.15) is 17.0 Å². The predicted octanol–water partition coefficient (Wildman–Crippen LogP) is 1.86. The maximum absolute atomic E-state index is 12.4. The van der Waals surface area contributed by atoms with Crippen LogP contribution in [0.2, 0.25) is 0 Å². The molecule has 2 heterocycles. The van der Waals surface area contributed by atoms with Crippen molar-refractivity contribution in [2.24, 2.45) is 7.05 Å². The van der Waals surface area contributed by atoms with Crippen molar-refractivity contribution in [1.29, 1.82) is 0 Å². The molecule has 8 heteroatoms. The van der Waals surface area contributed by atoms with Crippen LogP contribution in [-0.4, -0.2) is 45.0 Å². The molecule has 2 aromatic heterocycles. The van der Waals surface area contributed by atoms with Crippen molar-refractivity contribution in [2.75, 3.05) is 13.1 Å². The van der Waals surface area contributed by atoms with Crippen LogP contribution in [0.1, 0.15) is 37.6 Å². The second-order valence-corrected chi connectivity index (χ2v) is 6.63. The zero-order valence-corrected chi connectivity index (χ0v) is 15.1. The SMILES string of the molecule is Cn1ncc(C(=O)NCCCNC(=O)OC(C)(C)C)c1-n1cccc1. The molecule has 0 bridgehead atoms. The van der Waals surface area contributed by atoms with E-state index in [-0.39, 0.29) is 5.91 Å². The largest absolute Gasteiger partial charge is 0.444 e. The fraction of sp³-hybridized carbons (Fsp3) is 0.471. The maximum Gasteiger partial charge on any atom is 0.407 e. The molecule has 8 nitrogen and oxygen atoms in total.